The number of ether oxygens (including phenoxy) is 1. The summed E-state index contributed by atoms with van der Waals surface area (Å²) in [4.78, 5) is 0. The predicted molar refractivity (Wildman–Crippen MR) is 55.7 cm³/mol. The van der Waals surface area contributed by atoms with E-state index in [4.69, 9.17) is 9.84 Å². The first-order chi connectivity index (χ1) is 6.29. The molecule has 1 aromatic rings. The average Bonchev–Trinajstić information content (AvgIpc) is 2.14. The van der Waals surface area contributed by atoms with Crippen LogP contribution in [0.1, 0.15) is 5.56 Å². The summed E-state index contributed by atoms with van der Waals surface area (Å²) in [6.07, 6.45) is 1.56. The van der Waals surface area contributed by atoms with Crippen LogP contribution < -0.4 is 0 Å². The van der Waals surface area contributed by atoms with Crippen molar-refractivity contribution in [3.8, 4) is 0 Å². The molecule has 70 valence electrons. The largest absolute Gasteiger partial charge is 0.502 e. The Balaban J connectivity index is 2.25. The van der Waals surface area contributed by atoms with E-state index in [1.54, 1.807) is 6.08 Å². The third-order valence-corrected chi connectivity index (χ3v) is 1.80. The van der Waals surface area contributed by atoms with Crippen LogP contribution >= 0.6 is 15.9 Å². The fourth-order valence-corrected chi connectivity index (χ4v) is 1.01. The summed E-state index contributed by atoms with van der Waals surface area (Å²) in [6.45, 7) is 0.976. The van der Waals surface area contributed by atoms with Gasteiger partial charge in [-0.15, -0.1) is 0 Å². The number of benzene rings is 1. The molecule has 0 bridgehead atoms. The van der Waals surface area contributed by atoms with Crippen molar-refractivity contribution in [2.45, 2.75) is 6.61 Å². The first-order valence-corrected chi connectivity index (χ1v) is 4.74. The van der Waals surface area contributed by atoms with E-state index in [2.05, 4.69) is 15.9 Å². The normalized spacial score (nSPS) is 11.6. The molecule has 0 aliphatic rings. The average molecular weight is 243 g/mol. The molecule has 0 aliphatic heterocycles. The number of aliphatic hydroxyl groups is 1. The van der Waals surface area contributed by atoms with Crippen LogP contribution in [0.4, 0.5) is 0 Å². The maximum atomic E-state index is 8.75. The van der Waals surface area contributed by atoms with Crippen LogP contribution in [-0.4, -0.2) is 11.7 Å². The van der Waals surface area contributed by atoms with Crippen LogP contribution in [0.2, 0.25) is 0 Å². The summed E-state index contributed by atoms with van der Waals surface area (Å²) in [5.74, 6) is 0. The fraction of sp³-hybridized carbons (Fsp3) is 0.200. The number of aliphatic hydroxyl groups excluding tert-OH is 1. The Bertz CT molecular complexity index is 266. The molecule has 0 saturated heterocycles. The van der Waals surface area contributed by atoms with Gasteiger partial charge in [0.05, 0.1) is 13.2 Å². The first-order valence-electron chi connectivity index (χ1n) is 3.95. The number of rotatable bonds is 4. The molecule has 1 N–H and O–H groups in total. The molecular formula is C10H11BrO2. The molecule has 0 amide bonds. The summed E-state index contributed by atoms with van der Waals surface area (Å²) < 4.78 is 5.38. The van der Waals surface area contributed by atoms with Crippen LogP contribution in [0.3, 0.4) is 0 Å². The maximum absolute atomic E-state index is 8.75. The second-order valence-corrected chi connectivity index (χ2v) is 3.34. The molecule has 13 heavy (non-hydrogen) atoms. The highest BCUT2D eigenvalue weighted by Crippen LogP contribution is 2.02. The molecule has 0 radical (unpaired) electrons. The van der Waals surface area contributed by atoms with Gasteiger partial charge in [0.2, 0.25) is 0 Å². The Hall–Kier alpha value is -0.800. The van der Waals surface area contributed by atoms with E-state index in [-0.39, 0.29) is 4.67 Å². The van der Waals surface area contributed by atoms with Gasteiger partial charge in [0.1, 0.15) is 0 Å². The van der Waals surface area contributed by atoms with E-state index in [1.165, 1.54) is 0 Å². The Labute approximate surface area is 86.0 Å². The molecule has 0 aromatic heterocycles. The lowest BCUT2D eigenvalue weighted by molar-refractivity contribution is 0.147. The SMILES string of the molecule is O/C(Br)=C/COCc1ccccc1. The van der Waals surface area contributed by atoms with Crippen LogP contribution in [0.5, 0.6) is 0 Å². The summed E-state index contributed by atoms with van der Waals surface area (Å²) in [5, 5.41) is 8.75. The van der Waals surface area contributed by atoms with E-state index in [1.807, 2.05) is 30.3 Å². The van der Waals surface area contributed by atoms with Gasteiger partial charge in [-0.2, -0.15) is 0 Å². The zero-order chi connectivity index (χ0) is 9.52. The Morgan fingerprint density at radius 2 is 2.08 bits per heavy atom. The zero-order valence-corrected chi connectivity index (χ0v) is 8.70. The molecular weight excluding hydrogens is 232 g/mol. The quantitative estimate of drug-likeness (QED) is 0.650. The third-order valence-electron chi connectivity index (χ3n) is 1.48. The van der Waals surface area contributed by atoms with Gasteiger partial charge in [0.15, 0.2) is 4.67 Å². The van der Waals surface area contributed by atoms with Crippen LogP contribution in [0.25, 0.3) is 0 Å². The van der Waals surface area contributed by atoms with Gasteiger partial charge in [-0.25, -0.2) is 0 Å². The summed E-state index contributed by atoms with van der Waals surface area (Å²) in [5.41, 5.74) is 1.13. The van der Waals surface area contributed by atoms with E-state index >= 15 is 0 Å². The lowest BCUT2D eigenvalue weighted by Crippen LogP contribution is -1.92. The molecule has 0 aliphatic carbocycles. The lowest BCUT2D eigenvalue weighted by atomic mass is 10.2. The molecule has 1 rings (SSSR count). The lowest BCUT2D eigenvalue weighted by Gasteiger charge is -2.00. The summed E-state index contributed by atoms with van der Waals surface area (Å²) in [7, 11) is 0. The second kappa shape index (κ2) is 5.78. The molecule has 0 fully saturated rings. The molecule has 0 saturated carbocycles. The Morgan fingerprint density at radius 3 is 2.69 bits per heavy atom. The smallest absolute Gasteiger partial charge is 0.157 e. The summed E-state index contributed by atoms with van der Waals surface area (Å²) in [6, 6.07) is 9.90. The molecule has 0 heterocycles. The van der Waals surface area contributed by atoms with Gasteiger partial charge in [0, 0.05) is 0 Å². The van der Waals surface area contributed by atoms with E-state index in [0.29, 0.717) is 13.2 Å². The van der Waals surface area contributed by atoms with Gasteiger partial charge < -0.3 is 9.84 Å². The number of halogens is 1. The fourth-order valence-electron chi connectivity index (χ4n) is 0.879. The van der Waals surface area contributed by atoms with Crippen molar-refractivity contribution in [2.75, 3.05) is 6.61 Å². The minimum atomic E-state index is 0.112. The van der Waals surface area contributed by atoms with Crippen molar-refractivity contribution in [2.24, 2.45) is 0 Å². The van der Waals surface area contributed by atoms with Crippen LogP contribution in [-0.2, 0) is 11.3 Å². The van der Waals surface area contributed by atoms with E-state index in [9.17, 15) is 0 Å². The topological polar surface area (TPSA) is 29.5 Å². The van der Waals surface area contributed by atoms with Crippen molar-refractivity contribution in [3.63, 3.8) is 0 Å². The van der Waals surface area contributed by atoms with Crippen LogP contribution in [0, 0.1) is 0 Å². The molecule has 2 nitrogen and oxygen atoms in total. The van der Waals surface area contributed by atoms with Gasteiger partial charge >= 0.3 is 0 Å². The number of hydrogen-bond donors (Lipinski definition) is 1. The summed E-state index contributed by atoms with van der Waals surface area (Å²) >= 11 is 2.90. The van der Waals surface area contributed by atoms with Crippen molar-refractivity contribution in [1.29, 1.82) is 0 Å². The highest BCUT2D eigenvalue weighted by atomic mass is 79.9. The predicted octanol–water partition coefficient (Wildman–Crippen LogP) is 3.00. The van der Waals surface area contributed by atoms with E-state index < -0.39 is 0 Å². The van der Waals surface area contributed by atoms with Crippen molar-refractivity contribution in [3.05, 3.63) is 46.6 Å². The van der Waals surface area contributed by atoms with Gasteiger partial charge in [-0.05, 0) is 27.6 Å². The minimum absolute atomic E-state index is 0.112. The Morgan fingerprint density at radius 1 is 1.38 bits per heavy atom. The van der Waals surface area contributed by atoms with Crippen molar-refractivity contribution >= 4 is 15.9 Å². The molecule has 0 spiro atoms. The van der Waals surface area contributed by atoms with Crippen molar-refractivity contribution < 1.29 is 9.84 Å². The van der Waals surface area contributed by atoms with E-state index in [0.717, 1.165) is 5.56 Å². The monoisotopic (exact) mass is 242 g/mol. The third kappa shape index (κ3) is 4.70. The highest BCUT2D eigenvalue weighted by molar-refractivity contribution is 9.11. The van der Waals surface area contributed by atoms with Gasteiger partial charge in [-0.3, -0.25) is 0 Å². The zero-order valence-electron chi connectivity index (χ0n) is 7.11. The van der Waals surface area contributed by atoms with Crippen LogP contribution in [0.15, 0.2) is 41.1 Å². The molecule has 3 heteroatoms. The maximum Gasteiger partial charge on any atom is 0.157 e. The number of hydrogen-bond acceptors (Lipinski definition) is 2. The highest BCUT2D eigenvalue weighted by Gasteiger charge is 1.89. The molecule has 1 aromatic carbocycles. The molecule has 0 unspecified atom stereocenters. The molecule has 0 atom stereocenters. The van der Waals surface area contributed by atoms with Crippen molar-refractivity contribution in [1.82, 2.24) is 0 Å². The Kier molecular flexibility index (Phi) is 4.57. The van der Waals surface area contributed by atoms with Gasteiger partial charge in [0.25, 0.3) is 0 Å². The van der Waals surface area contributed by atoms with Gasteiger partial charge in [-0.1, -0.05) is 30.3 Å². The minimum Gasteiger partial charge on any atom is -0.502 e. The first kappa shape index (κ1) is 10.3. The second-order valence-electron chi connectivity index (χ2n) is 2.53. The standard InChI is InChI=1S/C10H11BrO2/c11-10(12)6-7-13-8-9-4-2-1-3-5-9/h1-6,12H,7-8H2/b10-6+.